The maximum absolute atomic E-state index is 12.5. The van der Waals surface area contributed by atoms with Crippen molar-refractivity contribution in [1.29, 1.82) is 0 Å². The third-order valence-electron chi connectivity index (χ3n) is 4.24. The molecular formula is C21H21NO3. The van der Waals surface area contributed by atoms with E-state index in [0.717, 1.165) is 16.7 Å². The molecule has 1 heterocycles. The molecule has 1 aromatic heterocycles. The van der Waals surface area contributed by atoms with Gasteiger partial charge in [0.1, 0.15) is 0 Å². The molecule has 1 amide bonds. The Morgan fingerprint density at radius 2 is 1.88 bits per heavy atom. The van der Waals surface area contributed by atoms with Gasteiger partial charge >= 0.3 is 0 Å². The molecule has 0 bridgehead atoms. The van der Waals surface area contributed by atoms with Gasteiger partial charge < -0.3 is 14.8 Å². The van der Waals surface area contributed by atoms with Gasteiger partial charge in [0.05, 0.1) is 12.5 Å². The number of benzene rings is 2. The van der Waals surface area contributed by atoms with Crippen molar-refractivity contribution in [2.24, 2.45) is 0 Å². The fraction of sp³-hybridized carbons (Fsp3) is 0.190. The molecule has 0 aliphatic heterocycles. The number of hydrogen-bond donors (Lipinski definition) is 2. The molecule has 2 aromatic carbocycles. The van der Waals surface area contributed by atoms with Crippen molar-refractivity contribution < 1.29 is 14.3 Å². The largest absolute Gasteiger partial charge is 0.472 e. The molecule has 0 spiro atoms. The van der Waals surface area contributed by atoms with Gasteiger partial charge in [0.2, 0.25) is 0 Å². The molecule has 25 heavy (non-hydrogen) atoms. The molecule has 0 saturated carbocycles. The highest BCUT2D eigenvalue weighted by atomic mass is 16.3. The van der Waals surface area contributed by atoms with Crippen LogP contribution in [0.1, 0.15) is 28.3 Å². The first-order valence-corrected chi connectivity index (χ1v) is 8.34. The van der Waals surface area contributed by atoms with Gasteiger partial charge in [-0.05, 0) is 35.7 Å². The first kappa shape index (κ1) is 17.0. The summed E-state index contributed by atoms with van der Waals surface area (Å²) in [6.07, 6.45) is 3.88. The SMILES string of the molecule is O=C(NCC(CCO)c1ccccc1)c1cccc(-c2ccoc2)c1. The zero-order chi connectivity index (χ0) is 17.5. The average Bonchev–Trinajstić information content (AvgIpc) is 3.20. The zero-order valence-corrected chi connectivity index (χ0v) is 13.9. The monoisotopic (exact) mass is 335 g/mol. The van der Waals surface area contributed by atoms with E-state index in [1.807, 2.05) is 54.6 Å². The lowest BCUT2D eigenvalue weighted by molar-refractivity contribution is 0.0949. The number of furan rings is 1. The molecule has 4 heteroatoms. The van der Waals surface area contributed by atoms with Crippen LogP contribution >= 0.6 is 0 Å². The number of carbonyl (C=O) groups is 1. The second kappa shape index (κ2) is 8.31. The molecule has 0 saturated heterocycles. The summed E-state index contributed by atoms with van der Waals surface area (Å²) in [5.74, 6) is -0.0311. The van der Waals surface area contributed by atoms with Crippen LogP contribution in [0.15, 0.2) is 77.6 Å². The summed E-state index contributed by atoms with van der Waals surface area (Å²) in [6.45, 7) is 0.574. The number of nitrogens with one attached hydrogen (secondary N) is 1. The van der Waals surface area contributed by atoms with Crippen molar-refractivity contribution in [3.63, 3.8) is 0 Å². The summed E-state index contributed by atoms with van der Waals surface area (Å²) < 4.78 is 5.10. The lowest BCUT2D eigenvalue weighted by Crippen LogP contribution is -2.28. The van der Waals surface area contributed by atoms with Gasteiger partial charge in [-0.1, -0.05) is 42.5 Å². The summed E-state index contributed by atoms with van der Waals surface area (Å²) in [6, 6.07) is 19.2. The summed E-state index contributed by atoms with van der Waals surface area (Å²) >= 11 is 0. The van der Waals surface area contributed by atoms with Crippen molar-refractivity contribution in [2.45, 2.75) is 12.3 Å². The van der Waals surface area contributed by atoms with Crippen molar-refractivity contribution in [1.82, 2.24) is 5.32 Å². The van der Waals surface area contributed by atoms with Crippen LogP contribution in [-0.4, -0.2) is 24.2 Å². The van der Waals surface area contributed by atoms with E-state index >= 15 is 0 Å². The predicted molar refractivity (Wildman–Crippen MR) is 97.4 cm³/mol. The number of amides is 1. The minimum absolute atomic E-state index is 0.0887. The summed E-state index contributed by atoms with van der Waals surface area (Å²) in [4.78, 5) is 12.5. The third-order valence-corrected chi connectivity index (χ3v) is 4.24. The maximum atomic E-state index is 12.5. The minimum atomic E-state index is -0.121. The van der Waals surface area contributed by atoms with Crippen molar-refractivity contribution in [2.75, 3.05) is 13.2 Å². The summed E-state index contributed by atoms with van der Waals surface area (Å²) in [7, 11) is 0. The Morgan fingerprint density at radius 1 is 1.04 bits per heavy atom. The van der Waals surface area contributed by atoms with E-state index in [4.69, 9.17) is 4.42 Å². The fourth-order valence-corrected chi connectivity index (χ4v) is 2.85. The van der Waals surface area contributed by atoms with E-state index in [9.17, 15) is 9.90 Å². The molecule has 1 atom stereocenters. The Hall–Kier alpha value is -2.85. The molecule has 3 rings (SSSR count). The fourth-order valence-electron chi connectivity index (χ4n) is 2.85. The summed E-state index contributed by atoms with van der Waals surface area (Å²) in [5, 5.41) is 12.3. The van der Waals surface area contributed by atoms with Crippen LogP contribution in [0.2, 0.25) is 0 Å². The van der Waals surface area contributed by atoms with E-state index in [1.54, 1.807) is 18.6 Å². The zero-order valence-electron chi connectivity index (χ0n) is 13.9. The molecule has 0 radical (unpaired) electrons. The third kappa shape index (κ3) is 4.37. The first-order valence-electron chi connectivity index (χ1n) is 8.34. The Labute approximate surface area is 147 Å². The van der Waals surface area contributed by atoms with Crippen molar-refractivity contribution >= 4 is 5.91 Å². The smallest absolute Gasteiger partial charge is 0.251 e. The Balaban J connectivity index is 1.68. The number of carbonyl (C=O) groups excluding carboxylic acids is 1. The molecule has 0 aliphatic rings. The summed E-state index contributed by atoms with van der Waals surface area (Å²) in [5.41, 5.74) is 3.60. The van der Waals surface area contributed by atoms with Crippen LogP contribution in [0.4, 0.5) is 0 Å². The molecule has 1 unspecified atom stereocenters. The second-order valence-electron chi connectivity index (χ2n) is 5.92. The Bertz CT molecular complexity index is 797. The average molecular weight is 335 g/mol. The highest BCUT2D eigenvalue weighted by Crippen LogP contribution is 2.21. The van der Waals surface area contributed by atoms with Crippen LogP contribution in [0.5, 0.6) is 0 Å². The van der Waals surface area contributed by atoms with Crippen LogP contribution in [0.25, 0.3) is 11.1 Å². The first-order chi connectivity index (χ1) is 12.3. The van der Waals surface area contributed by atoms with Gasteiger partial charge in [0, 0.05) is 30.2 Å². The van der Waals surface area contributed by atoms with E-state index in [-0.39, 0.29) is 18.4 Å². The van der Waals surface area contributed by atoms with Gasteiger partial charge in [-0.3, -0.25) is 4.79 Å². The molecule has 3 aromatic rings. The van der Waals surface area contributed by atoms with E-state index in [1.165, 1.54) is 0 Å². The topological polar surface area (TPSA) is 62.5 Å². The van der Waals surface area contributed by atoms with Gasteiger partial charge in [0.25, 0.3) is 5.91 Å². The van der Waals surface area contributed by atoms with Gasteiger partial charge in [-0.2, -0.15) is 0 Å². The van der Waals surface area contributed by atoms with E-state index < -0.39 is 0 Å². The van der Waals surface area contributed by atoms with Crippen molar-refractivity contribution in [3.8, 4) is 11.1 Å². The number of aliphatic hydroxyl groups is 1. The normalized spacial score (nSPS) is 11.9. The lowest BCUT2D eigenvalue weighted by Gasteiger charge is -2.17. The number of aliphatic hydroxyl groups excluding tert-OH is 1. The predicted octanol–water partition coefficient (Wildman–Crippen LogP) is 3.84. The second-order valence-corrected chi connectivity index (χ2v) is 5.92. The highest BCUT2D eigenvalue weighted by Gasteiger charge is 2.14. The number of hydrogen-bond acceptors (Lipinski definition) is 3. The van der Waals surface area contributed by atoms with Gasteiger partial charge in [-0.25, -0.2) is 0 Å². The molecule has 2 N–H and O–H groups in total. The van der Waals surface area contributed by atoms with Gasteiger partial charge in [-0.15, -0.1) is 0 Å². The van der Waals surface area contributed by atoms with E-state index in [0.29, 0.717) is 18.5 Å². The Morgan fingerprint density at radius 3 is 2.60 bits per heavy atom. The van der Waals surface area contributed by atoms with Gasteiger partial charge in [0.15, 0.2) is 0 Å². The molecule has 0 aliphatic carbocycles. The lowest BCUT2D eigenvalue weighted by atomic mass is 9.96. The quantitative estimate of drug-likeness (QED) is 0.689. The number of rotatable bonds is 7. The minimum Gasteiger partial charge on any atom is -0.472 e. The van der Waals surface area contributed by atoms with Crippen molar-refractivity contribution in [3.05, 3.63) is 84.3 Å². The molecule has 128 valence electrons. The van der Waals surface area contributed by atoms with Crippen LogP contribution in [0.3, 0.4) is 0 Å². The Kier molecular flexibility index (Phi) is 5.65. The molecular weight excluding hydrogens is 314 g/mol. The van der Waals surface area contributed by atoms with E-state index in [2.05, 4.69) is 5.32 Å². The molecule has 0 fully saturated rings. The maximum Gasteiger partial charge on any atom is 0.251 e. The highest BCUT2D eigenvalue weighted by molar-refractivity contribution is 5.95. The van der Waals surface area contributed by atoms with Crippen LogP contribution < -0.4 is 5.32 Å². The van der Waals surface area contributed by atoms with Crippen LogP contribution in [-0.2, 0) is 0 Å². The standard InChI is InChI=1S/C21H21NO3/c23-11-9-19(16-5-2-1-3-6-16)14-22-21(24)18-8-4-7-17(13-18)20-10-12-25-15-20/h1-8,10,12-13,15,19,23H,9,11,14H2,(H,22,24). The van der Waals surface area contributed by atoms with Crippen LogP contribution in [0, 0.1) is 0 Å². The molecule has 4 nitrogen and oxygen atoms in total.